The summed E-state index contributed by atoms with van der Waals surface area (Å²) in [5.74, 6) is 1.38. The van der Waals surface area contributed by atoms with Crippen LogP contribution in [0.2, 0.25) is 0 Å². The van der Waals surface area contributed by atoms with Crippen LogP contribution in [-0.2, 0) is 0 Å². The Kier molecular flexibility index (Phi) is 3.35. The van der Waals surface area contributed by atoms with E-state index in [1.54, 1.807) is 6.20 Å². The maximum atomic E-state index is 12.1. The van der Waals surface area contributed by atoms with E-state index in [0.717, 1.165) is 25.3 Å². The summed E-state index contributed by atoms with van der Waals surface area (Å²) in [5, 5.41) is 3.22. The van der Waals surface area contributed by atoms with Crippen molar-refractivity contribution in [1.29, 1.82) is 0 Å². The van der Waals surface area contributed by atoms with Crippen LogP contribution in [0.25, 0.3) is 0 Å². The Morgan fingerprint density at radius 1 is 1.28 bits per heavy atom. The number of anilines is 1. The minimum absolute atomic E-state index is 0.0476. The van der Waals surface area contributed by atoms with Crippen molar-refractivity contribution >= 4 is 5.82 Å². The quantitative estimate of drug-likeness (QED) is 0.870. The van der Waals surface area contributed by atoms with Crippen molar-refractivity contribution in [3.63, 3.8) is 0 Å². The Morgan fingerprint density at radius 3 is 2.78 bits per heavy atom. The van der Waals surface area contributed by atoms with Gasteiger partial charge >= 0.3 is 0 Å². The van der Waals surface area contributed by atoms with E-state index < -0.39 is 0 Å². The smallest absolute Gasteiger partial charge is 0.293 e. The molecular weight excluding hydrogens is 226 g/mol. The molecule has 3 rings (SSSR count). The standard InChI is InChI=1S/C14H21N3O/c18-14-13(15-8-7-11-3-1-2-4-11)16-9-10-17(14)12-5-6-12/h9-12H,1-8H2,(H,15,16). The van der Waals surface area contributed by atoms with Crippen molar-refractivity contribution in [2.45, 2.75) is 51.0 Å². The molecule has 2 fully saturated rings. The highest BCUT2D eigenvalue weighted by molar-refractivity contribution is 5.31. The lowest BCUT2D eigenvalue weighted by Gasteiger charge is -2.11. The van der Waals surface area contributed by atoms with E-state index >= 15 is 0 Å². The van der Waals surface area contributed by atoms with E-state index in [4.69, 9.17) is 0 Å². The van der Waals surface area contributed by atoms with Crippen LogP contribution in [0.3, 0.4) is 0 Å². The molecule has 0 saturated heterocycles. The molecule has 2 saturated carbocycles. The number of rotatable bonds is 5. The van der Waals surface area contributed by atoms with E-state index in [0.29, 0.717) is 11.9 Å². The minimum atomic E-state index is 0.0476. The minimum Gasteiger partial charge on any atom is -0.365 e. The lowest BCUT2D eigenvalue weighted by Crippen LogP contribution is -2.24. The topological polar surface area (TPSA) is 46.9 Å². The number of hydrogen-bond donors (Lipinski definition) is 1. The zero-order chi connectivity index (χ0) is 12.4. The fourth-order valence-electron chi connectivity index (χ4n) is 2.88. The molecule has 4 heteroatoms. The molecule has 0 spiro atoms. The van der Waals surface area contributed by atoms with E-state index in [1.165, 1.54) is 32.1 Å². The van der Waals surface area contributed by atoms with Gasteiger partial charge in [-0.1, -0.05) is 25.7 Å². The monoisotopic (exact) mass is 247 g/mol. The molecule has 2 aliphatic carbocycles. The van der Waals surface area contributed by atoms with Crippen LogP contribution in [0.5, 0.6) is 0 Å². The van der Waals surface area contributed by atoms with Crippen LogP contribution in [-0.4, -0.2) is 16.1 Å². The zero-order valence-electron chi connectivity index (χ0n) is 10.8. The average molecular weight is 247 g/mol. The number of nitrogens with one attached hydrogen (secondary N) is 1. The normalized spacial score (nSPS) is 20.2. The zero-order valence-corrected chi connectivity index (χ0v) is 10.8. The van der Waals surface area contributed by atoms with Crippen LogP contribution in [0.1, 0.15) is 51.0 Å². The highest BCUT2D eigenvalue weighted by Crippen LogP contribution is 2.33. The van der Waals surface area contributed by atoms with Crippen molar-refractivity contribution in [2.24, 2.45) is 5.92 Å². The van der Waals surface area contributed by atoms with Gasteiger partial charge in [0, 0.05) is 25.0 Å². The third-order valence-electron chi connectivity index (χ3n) is 4.13. The van der Waals surface area contributed by atoms with E-state index in [1.807, 2.05) is 10.8 Å². The van der Waals surface area contributed by atoms with Gasteiger partial charge in [0.1, 0.15) is 0 Å². The van der Waals surface area contributed by atoms with E-state index in [-0.39, 0.29) is 5.56 Å². The van der Waals surface area contributed by atoms with Crippen LogP contribution in [0.15, 0.2) is 17.2 Å². The van der Waals surface area contributed by atoms with Crippen LogP contribution < -0.4 is 10.9 Å². The Labute approximate surface area is 107 Å². The van der Waals surface area contributed by atoms with Gasteiger partial charge in [-0.3, -0.25) is 4.79 Å². The number of hydrogen-bond acceptors (Lipinski definition) is 3. The maximum absolute atomic E-state index is 12.1. The first-order valence-electron chi connectivity index (χ1n) is 7.15. The summed E-state index contributed by atoms with van der Waals surface area (Å²) in [5.41, 5.74) is 0.0476. The van der Waals surface area contributed by atoms with Gasteiger partial charge in [-0.25, -0.2) is 4.98 Å². The molecule has 4 nitrogen and oxygen atoms in total. The first kappa shape index (κ1) is 11.8. The number of nitrogens with zero attached hydrogens (tertiary/aromatic N) is 2. The van der Waals surface area contributed by atoms with Gasteiger partial charge in [0.15, 0.2) is 5.82 Å². The van der Waals surface area contributed by atoms with Crippen LogP contribution in [0.4, 0.5) is 5.82 Å². The fourth-order valence-corrected chi connectivity index (χ4v) is 2.88. The lowest BCUT2D eigenvalue weighted by atomic mass is 10.0. The van der Waals surface area contributed by atoms with Gasteiger partial charge in [0.05, 0.1) is 0 Å². The third-order valence-corrected chi connectivity index (χ3v) is 4.13. The molecule has 1 N–H and O–H groups in total. The molecule has 0 aromatic carbocycles. The first-order chi connectivity index (χ1) is 8.84. The molecule has 2 aliphatic rings. The Balaban J connectivity index is 1.58. The summed E-state index contributed by atoms with van der Waals surface area (Å²) in [6.07, 6.45) is 12.4. The second-order valence-electron chi connectivity index (χ2n) is 5.59. The van der Waals surface area contributed by atoms with Crippen LogP contribution >= 0.6 is 0 Å². The van der Waals surface area contributed by atoms with Crippen molar-refractivity contribution in [1.82, 2.24) is 9.55 Å². The molecule has 1 heterocycles. The second kappa shape index (κ2) is 5.12. The Bertz CT molecular complexity index is 458. The van der Waals surface area contributed by atoms with Gasteiger partial charge < -0.3 is 9.88 Å². The first-order valence-corrected chi connectivity index (χ1v) is 7.15. The molecule has 98 valence electrons. The molecule has 1 aromatic heterocycles. The molecule has 1 aromatic rings. The molecule has 0 atom stereocenters. The summed E-state index contributed by atoms with van der Waals surface area (Å²) in [6, 6.07) is 0.427. The molecule has 0 unspecified atom stereocenters. The van der Waals surface area contributed by atoms with Crippen molar-refractivity contribution in [3.8, 4) is 0 Å². The lowest BCUT2D eigenvalue weighted by molar-refractivity contribution is 0.518. The van der Waals surface area contributed by atoms with Gasteiger partial charge in [0.25, 0.3) is 5.56 Å². The van der Waals surface area contributed by atoms with E-state index in [2.05, 4.69) is 10.3 Å². The van der Waals surface area contributed by atoms with Gasteiger partial charge in [0.2, 0.25) is 0 Å². The van der Waals surface area contributed by atoms with Crippen molar-refractivity contribution in [2.75, 3.05) is 11.9 Å². The number of aromatic nitrogens is 2. The Hall–Kier alpha value is -1.32. The fraction of sp³-hybridized carbons (Fsp3) is 0.714. The largest absolute Gasteiger partial charge is 0.365 e. The second-order valence-corrected chi connectivity index (χ2v) is 5.59. The Morgan fingerprint density at radius 2 is 2.06 bits per heavy atom. The summed E-state index contributed by atoms with van der Waals surface area (Å²) in [4.78, 5) is 16.3. The molecule has 0 radical (unpaired) electrons. The molecular formula is C14H21N3O. The molecule has 0 amide bonds. The predicted molar refractivity (Wildman–Crippen MR) is 71.8 cm³/mol. The summed E-state index contributed by atoms with van der Waals surface area (Å²) in [6.45, 7) is 0.877. The summed E-state index contributed by atoms with van der Waals surface area (Å²) in [7, 11) is 0. The summed E-state index contributed by atoms with van der Waals surface area (Å²) < 4.78 is 1.82. The SMILES string of the molecule is O=c1c(NCCC2CCCC2)nccn1C1CC1. The highest BCUT2D eigenvalue weighted by atomic mass is 16.1. The highest BCUT2D eigenvalue weighted by Gasteiger charge is 2.25. The van der Waals surface area contributed by atoms with Crippen LogP contribution in [0, 0.1) is 5.92 Å². The van der Waals surface area contributed by atoms with Gasteiger partial charge in [-0.15, -0.1) is 0 Å². The van der Waals surface area contributed by atoms with E-state index in [9.17, 15) is 4.79 Å². The predicted octanol–water partition coefficient (Wildman–Crippen LogP) is 2.57. The molecule has 0 aliphatic heterocycles. The van der Waals surface area contributed by atoms with Gasteiger partial charge in [-0.2, -0.15) is 0 Å². The average Bonchev–Trinajstić information content (AvgIpc) is 3.09. The van der Waals surface area contributed by atoms with Gasteiger partial charge in [-0.05, 0) is 25.2 Å². The molecule has 0 bridgehead atoms. The molecule has 18 heavy (non-hydrogen) atoms. The van der Waals surface area contributed by atoms with Crippen molar-refractivity contribution in [3.05, 3.63) is 22.7 Å². The third kappa shape index (κ3) is 2.57. The van der Waals surface area contributed by atoms with Crippen molar-refractivity contribution < 1.29 is 0 Å². The summed E-state index contributed by atoms with van der Waals surface area (Å²) >= 11 is 0. The maximum Gasteiger partial charge on any atom is 0.293 e.